The van der Waals surface area contributed by atoms with E-state index < -0.39 is 48.4 Å². The van der Waals surface area contributed by atoms with Crippen molar-refractivity contribution in [3.8, 4) is 0 Å². The summed E-state index contributed by atoms with van der Waals surface area (Å²) in [5, 5.41) is 24.2. The van der Waals surface area contributed by atoms with Crippen LogP contribution in [0.15, 0.2) is 35.7 Å². The number of hydrogen-bond acceptors (Lipinski definition) is 10. The van der Waals surface area contributed by atoms with E-state index in [9.17, 15) is 34.2 Å². The first-order valence-electron chi connectivity index (χ1n) is 20.0. The van der Waals surface area contributed by atoms with Gasteiger partial charge >= 0.3 is 11.9 Å². The summed E-state index contributed by atoms with van der Waals surface area (Å²) in [6.45, 7) is 12.8. The number of carbonyl (C=O) groups excluding carboxylic acids is 4. The summed E-state index contributed by atoms with van der Waals surface area (Å²) in [6.07, 6.45) is 5.69. The highest BCUT2D eigenvalue weighted by Gasteiger charge is 2.38. The van der Waals surface area contributed by atoms with Crippen LogP contribution in [0.1, 0.15) is 126 Å². The summed E-state index contributed by atoms with van der Waals surface area (Å²) in [5.41, 5.74) is 0.979. The number of nitrogens with one attached hydrogen (secondary N) is 1. The van der Waals surface area contributed by atoms with Crippen LogP contribution in [0.5, 0.6) is 0 Å². The zero-order valence-electron chi connectivity index (χ0n) is 33.9. The number of piperidine rings is 1. The molecule has 1 fully saturated rings. The fourth-order valence-electron chi connectivity index (χ4n) is 7.56. The summed E-state index contributed by atoms with van der Waals surface area (Å²) in [4.78, 5) is 74.6. The zero-order valence-corrected chi connectivity index (χ0v) is 34.7. The van der Waals surface area contributed by atoms with Crippen LogP contribution in [0.25, 0.3) is 0 Å². The highest BCUT2D eigenvalue weighted by Crippen LogP contribution is 2.33. The molecular formula is C42H64N4O8S. The number of carboxylic acid groups (broad SMARTS) is 1. The number of unbranched alkanes of at least 4 members (excludes halogenated alkanes) is 1. The lowest BCUT2D eigenvalue weighted by Crippen LogP contribution is -2.49. The number of carbonyl (C=O) groups is 5. The molecule has 13 heteroatoms. The standard InChI is InChI=1S/C42H64N4O8S/c1-8-10-19-46-20-15-14-18-35(46)37(49)23-33(28(5)9-2)41(51)45(7)36(27(3)4)24-38(54-29(6)48)40-44-34(26-55-40)39(50)43-32(22-31(25-47)42(52)53)21-30-16-12-11-13-17-30/h11-13,16-17,26-28,31-33,35-36,38,47H,8-10,14-15,18-25H2,1-7H3,(H,43,50)(H,52,53)/t28-,31?,32-,33-,35+,36+,38+/m0/s1. The van der Waals surface area contributed by atoms with Crippen LogP contribution in [-0.2, 0) is 30.3 Å². The minimum Gasteiger partial charge on any atom is -0.481 e. The number of Topliss-reactive ketones (excluding diaryl/α,β-unsaturated/α-hetero) is 1. The molecule has 2 aromatic rings. The molecule has 0 spiro atoms. The van der Waals surface area contributed by atoms with Crippen molar-refractivity contribution >= 4 is 40.9 Å². The number of esters is 1. The van der Waals surface area contributed by atoms with E-state index in [2.05, 4.69) is 22.1 Å². The number of nitrogens with zero attached hydrogens (tertiary/aromatic N) is 3. The molecule has 1 saturated heterocycles. The van der Waals surface area contributed by atoms with Crippen molar-refractivity contribution in [1.82, 2.24) is 20.1 Å². The van der Waals surface area contributed by atoms with Crippen LogP contribution < -0.4 is 5.32 Å². The number of thiazole rings is 1. The minimum atomic E-state index is -1.15. The molecule has 0 aliphatic carbocycles. The highest BCUT2D eigenvalue weighted by atomic mass is 32.1. The Balaban J connectivity index is 1.82. The molecule has 55 heavy (non-hydrogen) atoms. The van der Waals surface area contributed by atoms with Crippen LogP contribution in [0.4, 0.5) is 0 Å². The number of amides is 2. The zero-order chi connectivity index (χ0) is 40.7. The van der Waals surface area contributed by atoms with Gasteiger partial charge in [0.1, 0.15) is 10.7 Å². The number of rotatable bonds is 23. The molecule has 2 heterocycles. The second-order valence-corrected chi connectivity index (χ2v) is 16.4. The van der Waals surface area contributed by atoms with E-state index in [1.165, 1.54) is 6.92 Å². The number of aliphatic hydroxyl groups excluding tert-OH is 1. The smallest absolute Gasteiger partial charge is 0.308 e. The number of aromatic nitrogens is 1. The topological polar surface area (TPSA) is 166 Å². The maximum atomic E-state index is 14.4. The van der Waals surface area contributed by atoms with E-state index in [0.717, 1.165) is 68.5 Å². The van der Waals surface area contributed by atoms with Crippen molar-refractivity contribution in [2.24, 2.45) is 23.7 Å². The summed E-state index contributed by atoms with van der Waals surface area (Å²) in [6, 6.07) is 8.20. The summed E-state index contributed by atoms with van der Waals surface area (Å²) >= 11 is 1.16. The van der Waals surface area contributed by atoms with Gasteiger partial charge in [0.15, 0.2) is 11.9 Å². The van der Waals surface area contributed by atoms with Crippen LogP contribution in [0, 0.1) is 23.7 Å². The Morgan fingerprint density at radius 1 is 1.07 bits per heavy atom. The molecule has 1 aromatic carbocycles. The molecule has 0 bridgehead atoms. The van der Waals surface area contributed by atoms with Crippen molar-refractivity contribution in [2.45, 2.75) is 130 Å². The molecule has 3 rings (SSSR count). The number of aliphatic hydroxyl groups is 1. The van der Waals surface area contributed by atoms with E-state index in [-0.39, 0.29) is 60.6 Å². The fraction of sp³-hybridized carbons (Fsp3) is 0.667. The van der Waals surface area contributed by atoms with Crippen molar-refractivity contribution in [1.29, 1.82) is 0 Å². The summed E-state index contributed by atoms with van der Waals surface area (Å²) in [5.74, 6) is -3.79. The van der Waals surface area contributed by atoms with E-state index >= 15 is 0 Å². The van der Waals surface area contributed by atoms with E-state index in [4.69, 9.17) is 4.74 Å². The van der Waals surface area contributed by atoms with Gasteiger partial charge in [0.25, 0.3) is 5.91 Å². The van der Waals surface area contributed by atoms with Crippen molar-refractivity contribution < 1.29 is 38.9 Å². The SMILES string of the molecule is CCCCN1CCCC[C@@H]1C(=O)C[C@H](C(=O)N(C)[C@H](C[C@@H](OC(C)=O)c1nc(C(=O)N[C@@H](Cc2ccccc2)CC(CO)C(=O)O)cs1)C(C)C)[C@@H](C)CC. The third-order valence-electron chi connectivity index (χ3n) is 11.1. The highest BCUT2D eigenvalue weighted by molar-refractivity contribution is 7.09. The van der Waals surface area contributed by atoms with Gasteiger partial charge in [-0.15, -0.1) is 11.3 Å². The second kappa shape index (κ2) is 22.8. The molecule has 0 radical (unpaired) electrons. The number of carboxylic acids is 1. The lowest BCUT2D eigenvalue weighted by Gasteiger charge is -2.38. The van der Waals surface area contributed by atoms with E-state index in [1.54, 1.807) is 17.3 Å². The number of benzene rings is 1. The summed E-state index contributed by atoms with van der Waals surface area (Å²) in [7, 11) is 1.76. The van der Waals surface area contributed by atoms with Crippen LogP contribution in [0.2, 0.25) is 0 Å². The van der Waals surface area contributed by atoms with E-state index in [0.29, 0.717) is 11.4 Å². The maximum absolute atomic E-state index is 14.4. The first-order chi connectivity index (χ1) is 26.2. The molecule has 1 aromatic heterocycles. The molecule has 12 nitrogen and oxygen atoms in total. The molecule has 306 valence electrons. The van der Waals surface area contributed by atoms with Gasteiger partial charge in [-0.05, 0) is 62.6 Å². The Kier molecular flexibility index (Phi) is 18.9. The Labute approximate surface area is 331 Å². The van der Waals surface area contributed by atoms with Gasteiger partial charge in [-0.1, -0.05) is 84.2 Å². The number of ketones is 1. The largest absolute Gasteiger partial charge is 0.481 e. The monoisotopic (exact) mass is 784 g/mol. The molecule has 2 amide bonds. The molecule has 7 atom stereocenters. The second-order valence-electron chi connectivity index (χ2n) is 15.5. The molecule has 1 unspecified atom stereocenters. The van der Waals surface area contributed by atoms with Gasteiger partial charge in [0.05, 0.1) is 18.6 Å². The molecule has 1 aliphatic heterocycles. The predicted octanol–water partition coefficient (Wildman–Crippen LogP) is 6.32. The lowest BCUT2D eigenvalue weighted by molar-refractivity contribution is -0.149. The Morgan fingerprint density at radius 3 is 2.38 bits per heavy atom. The third kappa shape index (κ3) is 13.8. The quantitative estimate of drug-likeness (QED) is 0.109. The van der Waals surface area contributed by atoms with Crippen molar-refractivity contribution in [2.75, 3.05) is 26.7 Å². The number of aliphatic carboxylic acids is 1. The Bertz CT molecular complexity index is 1530. The van der Waals surface area contributed by atoms with Gasteiger partial charge in [0, 0.05) is 50.2 Å². The van der Waals surface area contributed by atoms with E-state index in [1.807, 2.05) is 58.0 Å². The van der Waals surface area contributed by atoms with Gasteiger partial charge in [0.2, 0.25) is 5.91 Å². The Morgan fingerprint density at radius 2 is 1.78 bits per heavy atom. The molecule has 3 N–H and O–H groups in total. The number of hydrogen-bond donors (Lipinski definition) is 3. The van der Waals surface area contributed by atoms with Crippen LogP contribution in [-0.4, -0.2) is 99.4 Å². The van der Waals surface area contributed by atoms with Gasteiger partial charge in [-0.25, -0.2) is 4.98 Å². The number of likely N-dealkylation sites (tertiary alicyclic amines) is 1. The van der Waals surface area contributed by atoms with Crippen molar-refractivity contribution in [3.63, 3.8) is 0 Å². The first-order valence-corrected chi connectivity index (χ1v) is 20.9. The predicted molar refractivity (Wildman–Crippen MR) is 214 cm³/mol. The number of ether oxygens (including phenoxy) is 1. The average molecular weight is 785 g/mol. The maximum Gasteiger partial charge on any atom is 0.308 e. The van der Waals surface area contributed by atoms with Crippen LogP contribution >= 0.6 is 11.3 Å². The van der Waals surface area contributed by atoms with Crippen LogP contribution in [0.3, 0.4) is 0 Å². The summed E-state index contributed by atoms with van der Waals surface area (Å²) < 4.78 is 5.80. The van der Waals surface area contributed by atoms with Gasteiger partial charge < -0.3 is 25.2 Å². The third-order valence-corrected chi connectivity index (χ3v) is 12.0. The minimum absolute atomic E-state index is 0.0109. The van der Waals surface area contributed by atoms with Crippen molar-refractivity contribution in [3.05, 3.63) is 52.0 Å². The first kappa shape index (κ1) is 45.7. The average Bonchev–Trinajstić information content (AvgIpc) is 3.66. The molecule has 1 aliphatic rings. The molecular weight excluding hydrogens is 721 g/mol. The Hall–Kier alpha value is -3.68. The normalized spacial score (nSPS) is 18.1. The van der Waals surface area contributed by atoms with Gasteiger partial charge in [-0.2, -0.15) is 0 Å². The molecule has 0 saturated carbocycles. The lowest BCUT2D eigenvalue weighted by atomic mass is 9.82. The van der Waals surface area contributed by atoms with Gasteiger partial charge in [-0.3, -0.25) is 28.9 Å². The fourth-order valence-corrected chi connectivity index (χ4v) is 8.40.